The first-order valence-electron chi connectivity index (χ1n) is 6.04. The number of anilines is 1. The number of carboxylic acids is 1. The van der Waals surface area contributed by atoms with Crippen molar-refractivity contribution < 1.29 is 19.4 Å². The molecule has 1 aromatic rings. The molecule has 0 heterocycles. The highest BCUT2D eigenvalue weighted by atomic mass is 16.5. The van der Waals surface area contributed by atoms with Gasteiger partial charge in [0.1, 0.15) is 5.75 Å². The van der Waals surface area contributed by atoms with Gasteiger partial charge in [-0.25, -0.2) is 4.79 Å². The average Bonchev–Trinajstić information content (AvgIpc) is 2.38. The third-order valence-corrected chi connectivity index (χ3v) is 2.43. The van der Waals surface area contributed by atoms with Gasteiger partial charge in [-0.2, -0.15) is 0 Å². The minimum absolute atomic E-state index is 0.0674. The van der Waals surface area contributed by atoms with Crippen LogP contribution in [0.1, 0.15) is 13.8 Å². The van der Waals surface area contributed by atoms with Crippen LogP contribution < -0.4 is 15.4 Å². The van der Waals surface area contributed by atoms with Gasteiger partial charge >= 0.3 is 12.0 Å². The highest BCUT2D eigenvalue weighted by Crippen LogP contribution is 2.23. The predicted octanol–water partition coefficient (Wildman–Crippen LogP) is 1.93. The lowest BCUT2D eigenvalue weighted by molar-refractivity contribution is -0.140. The van der Waals surface area contributed by atoms with Gasteiger partial charge in [0.15, 0.2) is 0 Å². The summed E-state index contributed by atoms with van der Waals surface area (Å²) in [4.78, 5) is 22.2. The molecule has 1 rings (SSSR count). The van der Waals surface area contributed by atoms with Gasteiger partial charge in [0.05, 0.1) is 18.2 Å². The van der Waals surface area contributed by atoms with Crippen LogP contribution in [0.15, 0.2) is 24.3 Å². The van der Waals surface area contributed by atoms with Crippen molar-refractivity contribution in [1.29, 1.82) is 0 Å². The molecular weight excluding hydrogens is 248 g/mol. The molecular formula is C13H18N2O4. The summed E-state index contributed by atoms with van der Waals surface area (Å²) in [7, 11) is 0. The SMILES string of the molecule is CCOc1ccccc1NC(=O)NCC(C)C(=O)O. The molecule has 2 amide bonds. The first-order valence-corrected chi connectivity index (χ1v) is 6.04. The maximum atomic E-state index is 11.6. The van der Waals surface area contributed by atoms with Crippen LogP contribution in [0.2, 0.25) is 0 Å². The Morgan fingerprint density at radius 3 is 2.68 bits per heavy atom. The van der Waals surface area contributed by atoms with Crippen LogP contribution >= 0.6 is 0 Å². The van der Waals surface area contributed by atoms with Crippen molar-refractivity contribution in [2.75, 3.05) is 18.5 Å². The van der Waals surface area contributed by atoms with Crippen molar-refractivity contribution in [1.82, 2.24) is 5.32 Å². The predicted molar refractivity (Wildman–Crippen MR) is 71.4 cm³/mol. The van der Waals surface area contributed by atoms with Gasteiger partial charge < -0.3 is 20.5 Å². The monoisotopic (exact) mass is 266 g/mol. The first kappa shape index (κ1) is 14.8. The maximum absolute atomic E-state index is 11.6. The largest absolute Gasteiger partial charge is 0.492 e. The van der Waals surface area contributed by atoms with E-state index < -0.39 is 17.9 Å². The van der Waals surface area contributed by atoms with Gasteiger partial charge in [-0.1, -0.05) is 19.1 Å². The molecule has 0 saturated heterocycles. The van der Waals surface area contributed by atoms with Crippen molar-refractivity contribution in [2.24, 2.45) is 5.92 Å². The second kappa shape index (κ2) is 7.25. The van der Waals surface area contributed by atoms with E-state index in [0.29, 0.717) is 18.0 Å². The van der Waals surface area contributed by atoms with Crippen LogP contribution in [0, 0.1) is 5.92 Å². The standard InChI is InChI=1S/C13H18N2O4/c1-3-19-11-7-5-4-6-10(11)15-13(18)14-8-9(2)12(16)17/h4-7,9H,3,8H2,1-2H3,(H,16,17)(H2,14,15,18). The summed E-state index contributed by atoms with van der Waals surface area (Å²) in [5.74, 6) is -1.01. The molecule has 3 N–H and O–H groups in total. The minimum Gasteiger partial charge on any atom is -0.492 e. The molecule has 0 bridgehead atoms. The number of hydrogen-bond acceptors (Lipinski definition) is 3. The third kappa shape index (κ3) is 4.87. The number of ether oxygens (including phenoxy) is 1. The number of nitrogens with one attached hydrogen (secondary N) is 2. The van der Waals surface area contributed by atoms with Crippen molar-refractivity contribution >= 4 is 17.7 Å². The van der Waals surface area contributed by atoms with Gasteiger partial charge in [-0.15, -0.1) is 0 Å². The molecule has 104 valence electrons. The van der Waals surface area contributed by atoms with E-state index >= 15 is 0 Å². The quantitative estimate of drug-likeness (QED) is 0.734. The number of carbonyl (C=O) groups is 2. The Kier molecular flexibility index (Phi) is 5.66. The van der Waals surface area contributed by atoms with E-state index in [-0.39, 0.29) is 6.54 Å². The fourth-order valence-electron chi connectivity index (χ4n) is 1.35. The van der Waals surface area contributed by atoms with E-state index in [1.165, 1.54) is 6.92 Å². The Hall–Kier alpha value is -2.24. The third-order valence-electron chi connectivity index (χ3n) is 2.43. The Balaban J connectivity index is 2.55. The number of hydrogen-bond donors (Lipinski definition) is 3. The Morgan fingerprint density at radius 2 is 2.05 bits per heavy atom. The van der Waals surface area contributed by atoms with Crippen LogP contribution in [0.4, 0.5) is 10.5 Å². The molecule has 1 aromatic carbocycles. The fraction of sp³-hybridized carbons (Fsp3) is 0.385. The molecule has 1 atom stereocenters. The van der Waals surface area contributed by atoms with Crippen molar-refractivity contribution in [3.63, 3.8) is 0 Å². The van der Waals surface area contributed by atoms with Gasteiger partial charge in [0.25, 0.3) is 0 Å². The van der Waals surface area contributed by atoms with Crippen LogP contribution in [-0.4, -0.2) is 30.3 Å². The highest BCUT2D eigenvalue weighted by Gasteiger charge is 2.12. The number of amides is 2. The van der Waals surface area contributed by atoms with Gasteiger partial charge in [-0.3, -0.25) is 4.79 Å². The van der Waals surface area contributed by atoms with Gasteiger partial charge in [0.2, 0.25) is 0 Å². The van der Waals surface area contributed by atoms with E-state index in [4.69, 9.17) is 9.84 Å². The van der Waals surface area contributed by atoms with Crippen LogP contribution in [-0.2, 0) is 4.79 Å². The van der Waals surface area contributed by atoms with E-state index in [1.807, 2.05) is 6.92 Å². The van der Waals surface area contributed by atoms with E-state index in [2.05, 4.69) is 10.6 Å². The number of aliphatic carboxylic acids is 1. The van der Waals surface area contributed by atoms with Gasteiger partial charge in [0, 0.05) is 6.54 Å². The number of urea groups is 1. The number of benzene rings is 1. The molecule has 0 aliphatic heterocycles. The molecule has 0 radical (unpaired) electrons. The zero-order chi connectivity index (χ0) is 14.3. The number of para-hydroxylation sites is 2. The van der Waals surface area contributed by atoms with Crippen molar-refractivity contribution in [2.45, 2.75) is 13.8 Å². The second-order valence-electron chi connectivity index (χ2n) is 4.00. The van der Waals surface area contributed by atoms with Crippen LogP contribution in [0.3, 0.4) is 0 Å². The summed E-state index contributed by atoms with van der Waals surface area (Å²) in [5.41, 5.74) is 0.546. The average molecular weight is 266 g/mol. The molecule has 0 saturated carbocycles. The Morgan fingerprint density at radius 1 is 1.37 bits per heavy atom. The summed E-state index contributed by atoms with van der Waals surface area (Å²) in [5, 5.41) is 13.8. The second-order valence-corrected chi connectivity index (χ2v) is 4.00. The van der Waals surface area contributed by atoms with E-state index in [0.717, 1.165) is 0 Å². The number of carbonyl (C=O) groups excluding carboxylic acids is 1. The number of rotatable bonds is 6. The lowest BCUT2D eigenvalue weighted by atomic mass is 10.2. The summed E-state index contributed by atoms with van der Waals surface area (Å²) < 4.78 is 5.37. The van der Waals surface area contributed by atoms with Crippen molar-refractivity contribution in [3.8, 4) is 5.75 Å². The smallest absolute Gasteiger partial charge is 0.319 e. The summed E-state index contributed by atoms with van der Waals surface area (Å²) in [6.07, 6.45) is 0. The summed E-state index contributed by atoms with van der Waals surface area (Å²) >= 11 is 0. The molecule has 19 heavy (non-hydrogen) atoms. The zero-order valence-electron chi connectivity index (χ0n) is 11.0. The normalized spacial score (nSPS) is 11.5. The molecule has 0 spiro atoms. The van der Waals surface area contributed by atoms with Crippen molar-refractivity contribution in [3.05, 3.63) is 24.3 Å². The lowest BCUT2D eigenvalue weighted by Gasteiger charge is -2.13. The molecule has 6 nitrogen and oxygen atoms in total. The van der Waals surface area contributed by atoms with E-state index in [9.17, 15) is 9.59 Å². The van der Waals surface area contributed by atoms with Crippen LogP contribution in [0.5, 0.6) is 5.75 Å². The Bertz CT molecular complexity index is 448. The molecule has 0 fully saturated rings. The summed E-state index contributed by atoms with van der Waals surface area (Å²) in [6, 6.07) is 6.59. The topological polar surface area (TPSA) is 87.7 Å². The molecule has 0 aliphatic carbocycles. The molecule has 0 aromatic heterocycles. The van der Waals surface area contributed by atoms with Crippen LogP contribution in [0.25, 0.3) is 0 Å². The fourth-order valence-corrected chi connectivity index (χ4v) is 1.35. The number of carboxylic acid groups (broad SMARTS) is 1. The zero-order valence-corrected chi connectivity index (χ0v) is 11.0. The van der Waals surface area contributed by atoms with E-state index in [1.54, 1.807) is 24.3 Å². The molecule has 1 unspecified atom stereocenters. The maximum Gasteiger partial charge on any atom is 0.319 e. The highest BCUT2D eigenvalue weighted by molar-refractivity contribution is 5.91. The minimum atomic E-state index is -0.949. The molecule has 6 heteroatoms. The lowest BCUT2D eigenvalue weighted by Crippen LogP contribution is -2.34. The molecule has 0 aliphatic rings. The first-order chi connectivity index (χ1) is 9.04. The van der Waals surface area contributed by atoms with Gasteiger partial charge in [-0.05, 0) is 19.1 Å². The Labute approximate surface area is 111 Å². The summed E-state index contributed by atoms with van der Waals surface area (Å²) in [6.45, 7) is 3.94.